The van der Waals surface area contributed by atoms with Gasteiger partial charge in [0.15, 0.2) is 0 Å². The number of nitrogens with zero attached hydrogens (tertiary/aromatic N) is 1. The van der Waals surface area contributed by atoms with Crippen molar-refractivity contribution in [2.45, 2.75) is 13.0 Å². The molecule has 0 saturated carbocycles. The van der Waals surface area contributed by atoms with Gasteiger partial charge in [0.25, 0.3) is 0 Å². The van der Waals surface area contributed by atoms with Crippen molar-refractivity contribution in [2.24, 2.45) is 0 Å². The van der Waals surface area contributed by atoms with E-state index in [1.807, 2.05) is 0 Å². The minimum atomic E-state index is -3.03. The molecule has 0 aromatic carbocycles. The third-order valence-electron chi connectivity index (χ3n) is 2.40. The van der Waals surface area contributed by atoms with E-state index < -0.39 is 10.0 Å². The zero-order valence-electron chi connectivity index (χ0n) is 9.19. The van der Waals surface area contributed by atoms with E-state index in [2.05, 4.69) is 21.9 Å². The molecular formula is C8H20ClN3O2S. The lowest BCUT2D eigenvalue weighted by molar-refractivity contribution is 0.177. The summed E-state index contributed by atoms with van der Waals surface area (Å²) in [5, 5.41) is 3.29. The van der Waals surface area contributed by atoms with E-state index in [1.165, 1.54) is 6.26 Å². The van der Waals surface area contributed by atoms with Crippen molar-refractivity contribution >= 4 is 22.4 Å². The third kappa shape index (κ3) is 6.32. The maximum Gasteiger partial charge on any atom is 0.208 e. The second kappa shape index (κ2) is 6.65. The minimum absolute atomic E-state index is 0. The quantitative estimate of drug-likeness (QED) is 0.696. The zero-order valence-corrected chi connectivity index (χ0v) is 10.8. The number of nitrogens with one attached hydrogen (secondary N) is 2. The van der Waals surface area contributed by atoms with Gasteiger partial charge in [0.05, 0.1) is 6.26 Å². The molecule has 0 bridgehead atoms. The average molecular weight is 258 g/mol. The van der Waals surface area contributed by atoms with Crippen LogP contribution in [0.4, 0.5) is 0 Å². The van der Waals surface area contributed by atoms with Crippen LogP contribution in [0.5, 0.6) is 0 Å². The van der Waals surface area contributed by atoms with Gasteiger partial charge in [0, 0.05) is 38.8 Å². The summed E-state index contributed by atoms with van der Waals surface area (Å²) in [6, 6.07) is 0.491. The Kier molecular flexibility index (Phi) is 6.70. The molecule has 15 heavy (non-hydrogen) atoms. The lowest BCUT2D eigenvalue weighted by atomic mass is 10.2. The average Bonchev–Trinajstić information content (AvgIpc) is 2.06. The summed E-state index contributed by atoms with van der Waals surface area (Å²) in [7, 11) is -3.03. The molecule has 5 nitrogen and oxygen atoms in total. The minimum Gasteiger partial charge on any atom is -0.314 e. The summed E-state index contributed by atoms with van der Waals surface area (Å²) in [6.07, 6.45) is 1.19. The molecule has 1 aliphatic heterocycles. The Balaban J connectivity index is 0.00000196. The highest BCUT2D eigenvalue weighted by Crippen LogP contribution is 2.00. The molecule has 0 amide bonds. The van der Waals surface area contributed by atoms with Crippen LogP contribution in [-0.2, 0) is 10.0 Å². The number of halogens is 1. The summed E-state index contributed by atoms with van der Waals surface area (Å²) in [5.41, 5.74) is 0. The summed E-state index contributed by atoms with van der Waals surface area (Å²) < 4.78 is 24.1. The van der Waals surface area contributed by atoms with E-state index in [4.69, 9.17) is 0 Å². The lowest BCUT2D eigenvalue weighted by Crippen LogP contribution is -2.51. The van der Waals surface area contributed by atoms with Gasteiger partial charge in [-0.15, -0.1) is 12.4 Å². The molecule has 7 heteroatoms. The van der Waals surface area contributed by atoms with Crippen molar-refractivity contribution < 1.29 is 8.42 Å². The molecule has 1 unspecified atom stereocenters. The first kappa shape index (κ1) is 15.1. The van der Waals surface area contributed by atoms with Gasteiger partial charge in [-0.2, -0.15) is 0 Å². The van der Waals surface area contributed by atoms with Crippen LogP contribution in [0.1, 0.15) is 6.92 Å². The van der Waals surface area contributed by atoms with Crippen molar-refractivity contribution in [1.29, 1.82) is 0 Å². The largest absolute Gasteiger partial charge is 0.314 e. The molecule has 0 spiro atoms. The fraction of sp³-hybridized carbons (Fsp3) is 1.00. The van der Waals surface area contributed by atoms with Crippen LogP contribution in [0.15, 0.2) is 0 Å². The topological polar surface area (TPSA) is 61.4 Å². The Labute approximate surface area is 98.1 Å². The highest BCUT2D eigenvalue weighted by molar-refractivity contribution is 7.88. The van der Waals surface area contributed by atoms with Gasteiger partial charge in [-0.3, -0.25) is 4.90 Å². The van der Waals surface area contributed by atoms with Gasteiger partial charge in [-0.1, -0.05) is 0 Å². The van der Waals surface area contributed by atoms with E-state index in [-0.39, 0.29) is 12.4 Å². The summed E-state index contributed by atoms with van der Waals surface area (Å²) in [6.45, 7) is 6.40. The van der Waals surface area contributed by atoms with Crippen LogP contribution in [0.2, 0.25) is 0 Å². The Morgan fingerprint density at radius 3 is 2.73 bits per heavy atom. The molecule has 0 aromatic rings. The fourth-order valence-corrected chi connectivity index (χ4v) is 2.05. The molecule has 1 saturated heterocycles. The monoisotopic (exact) mass is 257 g/mol. The molecule has 0 radical (unpaired) electrons. The van der Waals surface area contributed by atoms with E-state index in [0.29, 0.717) is 12.6 Å². The molecule has 0 aromatic heterocycles. The number of sulfonamides is 1. The van der Waals surface area contributed by atoms with E-state index >= 15 is 0 Å². The molecule has 1 rings (SSSR count). The predicted octanol–water partition coefficient (Wildman–Crippen LogP) is -0.749. The Hall–Kier alpha value is 0.120. The number of hydrogen-bond acceptors (Lipinski definition) is 4. The van der Waals surface area contributed by atoms with Crippen LogP contribution >= 0.6 is 12.4 Å². The van der Waals surface area contributed by atoms with Crippen molar-refractivity contribution in [3.63, 3.8) is 0 Å². The number of rotatable bonds is 4. The van der Waals surface area contributed by atoms with Gasteiger partial charge in [-0.25, -0.2) is 13.1 Å². The maximum absolute atomic E-state index is 10.8. The highest BCUT2D eigenvalue weighted by Gasteiger charge is 2.17. The Morgan fingerprint density at radius 2 is 2.20 bits per heavy atom. The number of piperazine rings is 1. The zero-order chi connectivity index (χ0) is 10.6. The number of hydrogen-bond donors (Lipinski definition) is 2. The summed E-state index contributed by atoms with van der Waals surface area (Å²) in [5.74, 6) is 0. The second-order valence-electron chi connectivity index (χ2n) is 3.76. The second-order valence-corrected chi connectivity index (χ2v) is 5.59. The first-order valence-electron chi connectivity index (χ1n) is 4.88. The standard InChI is InChI=1S/C8H19N3O2S.ClH/c1-8-7-9-3-5-11(8)6-4-10-14(2,12)13;/h8-10H,3-7H2,1-2H3;1H. The van der Waals surface area contributed by atoms with Gasteiger partial charge < -0.3 is 5.32 Å². The molecule has 1 aliphatic rings. The molecule has 1 fully saturated rings. The van der Waals surface area contributed by atoms with Crippen molar-refractivity contribution in [3.05, 3.63) is 0 Å². The first-order chi connectivity index (χ1) is 6.49. The Morgan fingerprint density at radius 1 is 1.53 bits per heavy atom. The predicted molar refractivity (Wildman–Crippen MR) is 64.0 cm³/mol. The molecule has 0 aliphatic carbocycles. The maximum atomic E-state index is 10.8. The summed E-state index contributed by atoms with van der Waals surface area (Å²) >= 11 is 0. The van der Waals surface area contributed by atoms with Gasteiger partial charge >= 0.3 is 0 Å². The SMILES string of the molecule is CC1CNCCN1CCNS(C)(=O)=O.Cl. The normalized spacial score (nSPS) is 23.5. The molecule has 1 atom stereocenters. The van der Waals surface area contributed by atoms with Crippen molar-refractivity contribution in [3.8, 4) is 0 Å². The molecule has 92 valence electrons. The molecular weight excluding hydrogens is 238 g/mol. The van der Waals surface area contributed by atoms with Crippen LogP contribution < -0.4 is 10.0 Å². The van der Waals surface area contributed by atoms with E-state index in [9.17, 15) is 8.42 Å². The van der Waals surface area contributed by atoms with Crippen LogP contribution in [0.25, 0.3) is 0 Å². The van der Waals surface area contributed by atoms with E-state index in [1.54, 1.807) is 0 Å². The first-order valence-corrected chi connectivity index (χ1v) is 6.77. The van der Waals surface area contributed by atoms with Crippen LogP contribution in [0.3, 0.4) is 0 Å². The third-order valence-corrected chi connectivity index (χ3v) is 3.13. The smallest absolute Gasteiger partial charge is 0.208 e. The van der Waals surface area contributed by atoms with Crippen LogP contribution in [-0.4, -0.2) is 58.3 Å². The van der Waals surface area contributed by atoms with Gasteiger partial charge in [0.2, 0.25) is 10.0 Å². The van der Waals surface area contributed by atoms with E-state index in [0.717, 1.165) is 26.2 Å². The van der Waals surface area contributed by atoms with Gasteiger partial charge in [-0.05, 0) is 6.92 Å². The summed E-state index contributed by atoms with van der Waals surface area (Å²) in [4.78, 5) is 2.29. The van der Waals surface area contributed by atoms with Crippen LogP contribution in [0, 0.1) is 0 Å². The fourth-order valence-electron chi connectivity index (χ4n) is 1.59. The lowest BCUT2D eigenvalue weighted by Gasteiger charge is -2.33. The van der Waals surface area contributed by atoms with Gasteiger partial charge in [0.1, 0.15) is 0 Å². The highest BCUT2D eigenvalue weighted by atomic mass is 35.5. The van der Waals surface area contributed by atoms with Crippen molar-refractivity contribution in [1.82, 2.24) is 14.9 Å². The van der Waals surface area contributed by atoms with Crippen molar-refractivity contribution in [2.75, 3.05) is 39.0 Å². The Bertz CT molecular complexity index is 271. The molecule has 2 N–H and O–H groups in total. The molecule has 1 heterocycles.